The summed E-state index contributed by atoms with van der Waals surface area (Å²) in [6.07, 6.45) is 11.2. The van der Waals surface area contributed by atoms with Crippen molar-refractivity contribution in [2.75, 3.05) is 48.5 Å². The first kappa shape index (κ1) is 49.4. The molecule has 2 saturated heterocycles. The second kappa shape index (κ2) is 20.6. The minimum atomic E-state index is -3.25. The summed E-state index contributed by atoms with van der Waals surface area (Å²) < 4.78 is 50.5. The number of imidazole rings is 2. The lowest BCUT2D eigenvalue weighted by Gasteiger charge is -2.33. The van der Waals surface area contributed by atoms with Gasteiger partial charge in [-0.05, 0) is 130 Å². The molecule has 2 aliphatic heterocycles. The Morgan fingerprint density at radius 2 is 1.10 bits per heavy atom. The number of hydrogen-bond acceptors (Lipinski definition) is 19. The van der Waals surface area contributed by atoms with Crippen molar-refractivity contribution in [3.63, 3.8) is 0 Å². The molecule has 2 atom stereocenters. The van der Waals surface area contributed by atoms with E-state index in [1.807, 2.05) is 23.8 Å². The summed E-state index contributed by atoms with van der Waals surface area (Å²) in [5.74, 6) is 2.86. The zero-order valence-corrected chi connectivity index (χ0v) is 44.5. The SMILES string of the molecule is CSc1ccc(-c2cn3nc(OC(C)C4CCN(c5nc(C(C)C)no5)CC4)sc3n2)c(C)c1.Cc1cc(S(C)(=O)=O)ccc1-c1cn2nc(OC(C)C3CCN(c4nc(C(C)C)no4)CC3)sc2n1. The van der Waals surface area contributed by atoms with Crippen molar-refractivity contribution >= 4 is 66.2 Å². The Balaban J connectivity index is 0.000000174. The van der Waals surface area contributed by atoms with Gasteiger partial charge in [0.1, 0.15) is 12.2 Å². The van der Waals surface area contributed by atoms with Gasteiger partial charge in [0.25, 0.3) is 10.4 Å². The summed E-state index contributed by atoms with van der Waals surface area (Å²) in [5, 5.41) is 18.6. The molecule has 0 bridgehead atoms. The summed E-state index contributed by atoms with van der Waals surface area (Å²) in [6.45, 7) is 19.9. The zero-order chi connectivity index (χ0) is 49.4. The molecule has 2 aromatic carbocycles. The Hall–Kier alpha value is -5.58. The van der Waals surface area contributed by atoms with Crippen molar-refractivity contribution in [1.82, 2.24) is 49.5 Å². The third kappa shape index (κ3) is 11.0. The van der Waals surface area contributed by atoms with E-state index in [4.69, 9.17) is 28.5 Å². The zero-order valence-electron chi connectivity index (χ0n) is 41.2. The number of aromatic nitrogens is 10. The van der Waals surface area contributed by atoms with Gasteiger partial charge < -0.3 is 28.3 Å². The van der Waals surface area contributed by atoms with E-state index in [9.17, 15) is 8.42 Å². The molecule has 6 aromatic heterocycles. The highest BCUT2D eigenvalue weighted by atomic mass is 32.2. The molecule has 8 aromatic rings. The Labute approximate surface area is 420 Å². The van der Waals surface area contributed by atoms with Crippen molar-refractivity contribution in [2.45, 2.75) is 115 Å². The second-order valence-electron chi connectivity index (χ2n) is 18.8. The van der Waals surface area contributed by atoms with Crippen LogP contribution in [0.15, 0.2) is 67.6 Å². The van der Waals surface area contributed by atoms with Crippen LogP contribution in [0.4, 0.5) is 12.0 Å². The normalized spacial score (nSPS) is 16.1. The van der Waals surface area contributed by atoms with Crippen LogP contribution >= 0.6 is 34.4 Å². The van der Waals surface area contributed by atoms with Crippen LogP contribution in [-0.4, -0.2) is 109 Å². The van der Waals surface area contributed by atoms with Gasteiger partial charge in [-0.15, -0.1) is 22.0 Å². The van der Waals surface area contributed by atoms with Crippen LogP contribution in [0.1, 0.15) is 102 Å². The maximum Gasteiger partial charge on any atom is 0.324 e. The molecule has 0 saturated carbocycles. The lowest BCUT2D eigenvalue weighted by molar-refractivity contribution is 0.130. The molecule has 10 rings (SSSR count). The van der Waals surface area contributed by atoms with Crippen molar-refractivity contribution in [2.24, 2.45) is 11.8 Å². The average molecular weight is 1030 g/mol. The van der Waals surface area contributed by atoms with E-state index in [1.165, 1.54) is 39.4 Å². The molecule has 0 N–H and O–H groups in total. The van der Waals surface area contributed by atoms with Gasteiger partial charge in [0.05, 0.1) is 28.7 Å². The molecule has 2 aliphatic rings. The molecule has 0 radical (unpaired) electrons. The van der Waals surface area contributed by atoms with Crippen LogP contribution in [0.25, 0.3) is 32.4 Å². The molecule has 2 fully saturated rings. The molecule has 0 spiro atoms. The van der Waals surface area contributed by atoms with Crippen molar-refractivity contribution in [3.05, 3.63) is 71.6 Å². The Morgan fingerprint density at radius 1 is 0.657 bits per heavy atom. The largest absolute Gasteiger partial charge is 0.466 e. The van der Waals surface area contributed by atoms with Crippen LogP contribution in [0.2, 0.25) is 0 Å². The van der Waals surface area contributed by atoms with Gasteiger partial charge in [0.15, 0.2) is 21.5 Å². The van der Waals surface area contributed by atoms with E-state index in [-0.39, 0.29) is 24.0 Å². The van der Waals surface area contributed by atoms with Gasteiger partial charge in [-0.2, -0.15) is 9.97 Å². The molecule has 22 heteroatoms. The summed E-state index contributed by atoms with van der Waals surface area (Å²) >= 11 is 4.64. The highest BCUT2D eigenvalue weighted by Crippen LogP contribution is 2.34. The number of aryl methyl sites for hydroxylation is 2. The second-order valence-corrected chi connectivity index (χ2v) is 23.6. The van der Waals surface area contributed by atoms with E-state index in [1.54, 1.807) is 34.5 Å². The van der Waals surface area contributed by atoms with Gasteiger partial charge in [0, 0.05) is 60.3 Å². The monoisotopic (exact) mass is 1030 g/mol. The average Bonchev–Trinajstić information content (AvgIpc) is 4.20. The number of thioether (sulfide) groups is 1. The van der Waals surface area contributed by atoms with E-state index in [0.717, 1.165) is 102 Å². The van der Waals surface area contributed by atoms with Crippen LogP contribution in [-0.2, 0) is 9.84 Å². The van der Waals surface area contributed by atoms with Gasteiger partial charge in [-0.25, -0.2) is 27.4 Å². The van der Waals surface area contributed by atoms with Gasteiger partial charge in [-0.1, -0.05) is 50.1 Å². The van der Waals surface area contributed by atoms with Crippen LogP contribution in [0, 0.1) is 25.7 Å². The molecular formula is C48H60N12O6S4. The first-order valence-electron chi connectivity index (χ1n) is 23.7. The van der Waals surface area contributed by atoms with Crippen molar-refractivity contribution in [1.29, 1.82) is 0 Å². The fraction of sp³-hybridized carbons (Fsp3) is 0.500. The predicted octanol–water partition coefficient (Wildman–Crippen LogP) is 10.0. The topological polar surface area (TPSA) is 197 Å². The van der Waals surface area contributed by atoms with Gasteiger partial charge in [-0.3, -0.25) is 0 Å². The maximum absolute atomic E-state index is 11.8. The summed E-state index contributed by atoms with van der Waals surface area (Å²) in [5.41, 5.74) is 5.78. The number of hydrogen-bond donors (Lipinski definition) is 0. The summed E-state index contributed by atoms with van der Waals surface area (Å²) in [7, 11) is -3.25. The lowest BCUT2D eigenvalue weighted by atomic mass is 9.92. The Kier molecular flexibility index (Phi) is 14.6. The number of nitrogens with zero attached hydrogens (tertiary/aromatic N) is 12. The fourth-order valence-corrected chi connectivity index (χ4v) is 11.6. The highest BCUT2D eigenvalue weighted by molar-refractivity contribution is 7.98. The van der Waals surface area contributed by atoms with E-state index in [2.05, 4.69) is 113 Å². The number of fused-ring (bicyclic) bond motifs is 2. The Morgan fingerprint density at radius 3 is 1.47 bits per heavy atom. The molecule has 0 amide bonds. The molecule has 18 nitrogen and oxygen atoms in total. The van der Waals surface area contributed by atoms with E-state index >= 15 is 0 Å². The molecule has 2 unspecified atom stereocenters. The minimum Gasteiger partial charge on any atom is -0.466 e. The summed E-state index contributed by atoms with van der Waals surface area (Å²) in [6, 6.07) is 12.8. The minimum absolute atomic E-state index is 0.0159. The van der Waals surface area contributed by atoms with Crippen molar-refractivity contribution < 1.29 is 26.9 Å². The smallest absolute Gasteiger partial charge is 0.324 e. The van der Waals surface area contributed by atoms with Gasteiger partial charge >= 0.3 is 12.0 Å². The number of ether oxygens (including phenoxy) is 2. The van der Waals surface area contributed by atoms with E-state index in [0.29, 0.717) is 39.1 Å². The molecule has 372 valence electrons. The molecular weight excluding hydrogens is 969 g/mol. The number of benzene rings is 2. The first-order chi connectivity index (χ1) is 33.5. The van der Waals surface area contributed by atoms with E-state index < -0.39 is 9.84 Å². The quantitative estimate of drug-likeness (QED) is 0.0932. The van der Waals surface area contributed by atoms with Crippen LogP contribution in [0.5, 0.6) is 10.4 Å². The first-order valence-corrected chi connectivity index (χ1v) is 28.4. The fourth-order valence-electron chi connectivity index (χ4n) is 8.73. The lowest BCUT2D eigenvalue weighted by Crippen LogP contribution is -2.38. The number of anilines is 2. The van der Waals surface area contributed by atoms with Gasteiger partial charge in [0.2, 0.25) is 9.92 Å². The van der Waals surface area contributed by atoms with Crippen molar-refractivity contribution in [3.8, 4) is 32.9 Å². The Bertz CT molecular complexity index is 3110. The third-order valence-electron chi connectivity index (χ3n) is 13.1. The van der Waals surface area contributed by atoms with Crippen LogP contribution in [0.3, 0.4) is 0 Å². The van der Waals surface area contributed by atoms with Crippen LogP contribution < -0.4 is 19.3 Å². The predicted molar refractivity (Wildman–Crippen MR) is 274 cm³/mol. The molecule has 8 heterocycles. The highest BCUT2D eigenvalue weighted by Gasteiger charge is 2.30. The third-order valence-corrected chi connectivity index (χ3v) is 16.5. The number of rotatable bonds is 14. The molecule has 0 aliphatic carbocycles. The number of sulfone groups is 1. The standard InChI is InChI=1S/C24H30N6O4S2.C24H30N6O2S2/c1-14(2)21-26-22(34-28-21)29-10-8-17(9-11-29)16(4)33-24-27-30-13-20(25-23(30)35-24)19-7-6-18(12-15(19)3)36(5,31)32;1-14(2)21-26-22(32-28-21)29-10-8-17(9-11-29)16(4)31-24-27-30-13-20(25-23(30)34-24)19-7-6-18(33-5)12-15(19)3/h6-7,12-14,16-17H,8-11H2,1-5H3;6-7,12-14,16-17H,8-11H2,1-5H3. The maximum atomic E-state index is 11.8. The molecule has 70 heavy (non-hydrogen) atoms. The number of piperidine rings is 2. The summed E-state index contributed by atoms with van der Waals surface area (Å²) in [4.78, 5) is 26.0.